The maximum absolute atomic E-state index is 11.1. The highest BCUT2D eigenvalue weighted by Gasteiger charge is 2.21. The second kappa shape index (κ2) is 5.48. The fraction of sp³-hybridized carbons (Fsp3) is 0.500. The Balaban J connectivity index is 1.94. The predicted octanol–water partition coefficient (Wildman–Crippen LogP) is 2.53. The third-order valence-electron chi connectivity index (χ3n) is 4.50. The second-order valence-corrected chi connectivity index (χ2v) is 5.91. The molecule has 1 saturated heterocycles. The van der Waals surface area contributed by atoms with Gasteiger partial charge >= 0.3 is 5.97 Å². The lowest BCUT2D eigenvalue weighted by Crippen LogP contribution is -2.39. The molecule has 5 heteroatoms. The molecule has 1 aliphatic rings. The van der Waals surface area contributed by atoms with E-state index in [1.165, 1.54) is 19.3 Å². The molecule has 1 fully saturated rings. The molecular weight excluding hydrogens is 266 g/mol. The van der Waals surface area contributed by atoms with Gasteiger partial charge in [0.05, 0.1) is 16.6 Å². The average Bonchev–Trinajstić information content (AvgIpc) is 2.76. The number of aromatic nitrogens is 2. The number of carboxylic acids is 1. The van der Waals surface area contributed by atoms with Crippen molar-refractivity contribution in [2.24, 2.45) is 0 Å². The topological polar surface area (TPSA) is 58.4 Å². The smallest absolute Gasteiger partial charge is 0.335 e. The van der Waals surface area contributed by atoms with Gasteiger partial charge in [0.2, 0.25) is 0 Å². The number of carboxylic acid groups (broad SMARTS) is 1. The number of nitrogens with zero attached hydrogens (tertiary/aromatic N) is 3. The van der Waals surface area contributed by atoms with Crippen molar-refractivity contribution >= 4 is 17.0 Å². The SMILES string of the molecule is Cc1nc2cc(C(=O)O)ccc2n1CC1CCCCN1C. The van der Waals surface area contributed by atoms with Crippen LogP contribution in [0.15, 0.2) is 18.2 Å². The minimum Gasteiger partial charge on any atom is -0.478 e. The summed E-state index contributed by atoms with van der Waals surface area (Å²) in [6.07, 6.45) is 3.77. The van der Waals surface area contributed by atoms with Gasteiger partial charge in [-0.1, -0.05) is 6.42 Å². The minimum atomic E-state index is -0.906. The van der Waals surface area contributed by atoms with Gasteiger partial charge in [0.1, 0.15) is 5.82 Å². The van der Waals surface area contributed by atoms with E-state index in [9.17, 15) is 4.79 Å². The van der Waals surface area contributed by atoms with Gasteiger partial charge in [0, 0.05) is 12.6 Å². The Kier molecular flexibility index (Phi) is 3.68. The third kappa shape index (κ3) is 2.65. The summed E-state index contributed by atoms with van der Waals surface area (Å²) >= 11 is 0. The van der Waals surface area contributed by atoms with Crippen LogP contribution in [0.2, 0.25) is 0 Å². The van der Waals surface area contributed by atoms with E-state index in [4.69, 9.17) is 5.11 Å². The first-order valence-corrected chi connectivity index (χ1v) is 7.46. The van der Waals surface area contributed by atoms with Gasteiger partial charge in [0.25, 0.3) is 0 Å². The number of fused-ring (bicyclic) bond motifs is 1. The molecule has 112 valence electrons. The lowest BCUT2D eigenvalue weighted by molar-refractivity contribution is 0.0697. The van der Waals surface area contributed by atoms with E-state index in [0.717, 1.165) is 29.9 Å². The maximum atomic E-state index is 11.1. The standard InChI is InChI=1S/C16H21N3O2/c1-11-17-14-9-12(16(20)21)6-7-15(14)19(11)10-13-5-3-4-8-18(13)2/h6-7,9,13H,3-5,8,10H2,1-2H3,(H,20,21). The zero-order chi connectivity index (χ0) is 15.0. The molecule has 1 atom stereocenters. The molecule has 21 heavy (non-hydrogen) atoms. The molecule has 1 aliphatic heterocycles. The number of hydrogen-bond acceptors (Lipinski definition) is 3. The molecule has 0 aliphatic carbocycles. The maximum Gasteiger partial charge on any atom is 0.335 e. The number of carbonyl (C=O) groups is 1. The van der Waals surface area contributed by atoms with Crippen LogP contribution in [0.1, 0.15) is 35.4 Å². The Morgan fingerprint density at radius 3 is 2.95 bits per heavy atom. The normalized spacial score (nSPS) is 20.0. The van der Waals surface area contributed by atoms with Gasteiger partial charge in [-0.2, -0.15) is 0 Å². The van der Waals surface area contributed by atoms with E-state index < -0.39 is 5.97 Å². The van der Waals surface area contributed by atoms with Crippen molar-refractivity contribution < 1.29 is 9.90 Å². The average molecular weight is 287 g/mol. The molecule has 3 rings (SSSR count). The van der Waals surface area contributed by atoms with Gasteiger partial charge in [-0.05, 0) is 51.6 Å². The summed E-state index contributed by atoms with van der Waals surface area (Å²) in [6, 6.07) is 5.73. The first-order chi connectivity index (χ1) is 10.1. The quantitative estimate of drug-likeness (QED) is 0.942. The summed E-state index contributed by atoms with van der Waals surface area (Å²) in [4.78, 5) is 18.0. The summed E-state index contributed by atoms with van der Waals surface area (Å²) in [6.45, 7) is 4.06. The summed E-state index contributed by atoms with van der Waals surface area (Å²) in [7, 11) is 2.18. The highest BCUT2D eigenvalue weighted by molar-refractivity contribution is 5.92. The molecule has 0 bridgehead atoms. The van der Waals surface area contributed by atoms with Crippen molar-refractivity contribution in [1.82, 2.24) is 14.5 Å². The Labute approximate surface area is 124 Å². The van der Waals surface area contributed by atoms with Crippen LogP contribution in [-0.2, 0) is 6.54 Å². The van der Waals surface area contributed by atoms with Crippen LogP contribution < -0.4 is 0 Å². The molecular formula is C16H21N3O2. The number of aryl methyl sites for hydroxylation is 1. The summed E-state index contributed by atoms with van der Waals surface area (Å²) < 4.78 is 2.22. The van der Waals surface area contributed by atoms with Crippen molar-refractivity contribution in [1.29, 1.82) is 0 Å². The number of aromatic carboxylic acids is 1. The van der Waals surface area contributed by atoms with E-state index in [0.29, 0.717) is 11.6 Å². The van der Waals surface area contributed by atoms with Crippen molar-refractivity contribution in [2.45, 2.75) is 38.8 Å². The van der Waals surface area contributed by atoms with Crippen LogP contribution in [0.25, 0.3) is 11.0 Å². The van der Waals surface area contributed by atoms with Gasteiger partial charge in [-0.25, -0.2) is 9.78 Å². The molecule has 0 saturated carbocycles. The molecule has 1 unspecified atom stereocenters. The number of benzene rings is 1. The summed E-state index contributed by atoms with van der Waals surface area (Å²) in [5, 5.41) is 9.07. The Bertz CT molecular complexity index is 677. The highest BCUT2D eigenvalue weighted by Crippen LogP contribution is 2.22. The van der Waals surface area contributed by atoms with Gasteiger partial charge < -0.3 is 14.6 Å². The first-order valence-electron chi connectivity index (χ1n) is 7.46. The largest absolute Gasteiger partial charge is 0.478 e. The van der Waals surface area contributed by atoms with E-state index in [2.05, 4.69) is 21.5 Å². The number of likely N-dealkylation sites (N-methyl/N-ethyl adjacent to an activating group) is 1. The van der Waals surface area contributed by atoms with E-state index in [1.54, 1.807) is 12.1 Å². The number of piperidine rings is 1. The Hall–Kier alpha value is -1.88. The van der Waals surface area contributed by atoms with E-state index in [-0.39, 0.29) is 0 Å². The van der Waals surface area contributed by atoms with Gasteiger partial charge in [-0.3, -0.25) is 0 Å². The Morgan fingerprint density at radius 1 is 1.43 bits per heavy atom. The van der Waals surface area contributed by atoms with Crippen molar-refractivity contribution in [2.75, 3.05) is 13.6 Å². The zero-order valence-electron chi connectivity index (χ0n) is 12.5. The van der Waals surface area contributed by atoms with E-state index in [1.807, 2.05) is 13.0 Å². The van der Waals surface area contributed by atoms with Crippen LogP contribution in [-0.4, -0.2) is 45.2 Å². The van der Waals surface area contributed by atoms with Crippen LogP contribution in [0, 0.1) is 6.92 Å². The number of likely N-dealkylation sites (tertiary alicyclic amines) is 1. The number of imidazole rings is 1. The second-order valence-electron chi connectivity index (χ2n) is 5.91. The predicted molar refractivity (Wildman–Crippen MR) is 81.7 cm³/mol. The minimum absolute atomic E-state index is 0.293. The molecule has 2 heterocycles. The molecule has 1 aromatic heterocycles. The van der Waals surface area contributed by atoms with Crippen LogP contribution in [0.5, 0.6) is 0 Å². The number of rotatable bonds is 3. The van der Waals surface area contributed by atoms with Crippen molar-refractivity contribution in [3.05, 3.63) is 29.6 Å². The molecule has 1 aromatic carbocycles. The van der Waals surface area contributed by atoms with Crippen LogP contribution in [0.4, 0.5) is 0 Å². The zero-order valence-corrected chi connectivity index (χ0v) is 12.5. The summed E-state index contributed by atoms with van der Waals surface area (Å²) in [5.74, 6) is 0.0441. The monoisotopic (exact) mass is 287 g/mol. The van der Waals surface area contributed by atoms with E-state index >= 15 is 0 Å². The van der Waals surface area contributed by atoms with Crippen molar-refractivity contribution in [3.8, 4) is 0 Å². The fourth-order valence-corrected chi connectivity index (χ4v) is 3.20. The molecule has 1 N–H and O–H groups in total. The summed E-state index contributed by atoms with van der Waals surface area (Å²) in [5.41, 5.74) is 2.09. The van der Waals surface area contributed by atoms with Crippen LogP contribution in [0.3, 0.4) is 0 Å². The molecule has 0 radical (unpaired) electrons. The van der Waals surface area contributed by atoms with Crippen molar-refractivity contribution in [3.63, 3.8) is 0 Å². The molecule has 0 amide bonds. The first kappa shape index (κ1) is 14.1. The molecule has 5 nitrogen and oxygen atoms in total. The lowest BCUT2D eigenvalue weighted by Gasteiger charge is -2.33. The number of hydrogen-bond donors (Lipinski definition) is 1. The lowest BCUT2D eigenvalue weighted by atomic mass is 10.0. The Morgan fingerprint density at radius 2 is 2.24 bits per heavy atom. The van der Waals surface area contributed by atoms with Crippen LogP contribution >= 0.6 is 0 Å². The fourth-order valence-electron chi connectivity index (χ4n) is 3.20. The van der Waals surface area contributed by atoms with Gasteiger partial charge in [-0.15, -0.1) is 0 Å². The highest BCUT2D eigenvalue weighted by atomic mass is 16.4. The third-order valence-corrected chi connectivity index (χ3v) is 4.50. The van der Waals surface area contributed by atoms with Gasteiger partial charge in [0.15, 0.2) is 0 Å². The molecule has 0 spiro atoms. The molecule has 2 aromatic rings.